The highest BCUT2D eigenvalue weighted by Gasteiger charge is 2.39. The van der Waals surface area contributed by atoms with Gasteiger partial charge in [-0.25, -0.2) is 9.59 Å². The third-order valence-corrected chi connectivity index (χ3v) is 5.38. The predicted octanol–water partition coefficient (Wildman–Crippen LogP) is 2.46. The van der Waals surface area contributed by atoms with Gasteiger partial charge in [0, 0.05) is 25.2 Å². The molecule has 0 saturated heterocycles. The van der Waals surface area contributed by atoms with Crippen molar-refractivity contribution in [3.8, 4) is 0 Å². The maximum Gasteiger partial charge on any atom is 0.414 e. The highest BCUT2D eigenvalue weighted by molar-refractivity contribution is 6.27. The maximum atomic E-state index is 11.8. The number of nitrogens with zero attached hydrogens (tertiary/aromatic N) is 2. The SMILES string of the molecule is CC(CN(C)CCc1ccccc1)C(O)(c1ccccc1)c1ccccn1.O.O=C(O)C(=O)O. The van der Waals surface area contributed by atoms with Gasteiger partial charge in [-0.2, -0.15) is 0 Å². The van der Waals surface area contributed by atoms with Crippen molar-refractivity contribution >= 4 is 11.9 Å². The van der Waals surface area contributed by atoms with Crippen LogP contribution in [-0.4, -0.2) is 62.8 Å². The second-order valence-electron chi connectivity index (χ2n) is 7.86. The zero-order chi connectivity index (χ0) is 24.3. The van der Waals surface area contributed by atoms with Crippen molar-refractivity contribution in [2.45, 2.75) is 18.9 Å². The minimum atomic E-state index is -1.82. The summed E-state index contributed by atoms with van der Waals surface area (Å²) in [6.07, 6.45) is 2.74. The summed E-state index contributed by atoms with van der Waals surface area (Å²) < 4.78 is 0. The maximum absolute atomic E-state index is 11.8. The van der Waals surface area contributed by atoms with Crippen LogP contribution in [0.1, 0.15) is 23.7 Å². The second-order valence-corrected chi connectivity index (χ2v) is 7.86. The molecule has 0 bridgehead atoms. The first-order valence-electron chi connectivity index (χ1n) is 10.6. The molecule has 0 radical (unpaired) electrons. The fraction of sp³-hybridized carbons (Fsp3) is 0.269. The standard InChI is InChI=1S/C24H28N2O.C2H2O4.H2O/c1-20(19-26(2)18-16-21-11-5-3-6-12-21)24(27,22-13-7-4-8-14-22)23-15-9-10-17-25-23;3-1(4)2(5)6;/h3-15,17,20,27H,16,18-19H2,1-2H3;(H,3,4)(H,5,6);1H2. The van der Waals surface area contributed by atoms with Crippen LogP contribution in [0.2, 0.25) is 0 Å². The zero-order valence-electron chi connectivity index (χ0n) is 19.3. The fourth-order valence-electron chi connectivity index (χ4n) is 3.62. The highest BCUT2D eigenvalue weighted by atomic mass is 16.4. The van der Waals surface area contributed by atoms with Crippen molar-refractivity contribution in [3.63, 3.8) is 0 Å². The minimum Gasteiger partial charge on any atom is -0.473 e. The van der Waals surface area contributed by atoms with E-state index in [9.17, 15) is 5.11 Å². The molecule has 2 atom stereocenters. The monoisotopic (exact) mass is 468 g/mol. The Hall–Kier alpha value is -3.59. The van der Waals surface area contributed by atoms with Gasteiger partial charge < -0.3 is 25.7 Å². The number of carboxylic acid groups (broad SMARTS) is 2. The quantitative estimate of drug-likeness (QED) is 0.431. The van der Waals surface area contributed by atoms with Crippen LogP contribution in [0, 0.1) is 5.92 Å². The van der Waals surface area contributed by atoms with E-state index in [1.165, 1.54) is 5.56 Å². The van der Waals surface area contributed by atoms with Gasteiger partial charge in [0.2, 0.25) is 0 Å². The van der Waals surface area contributed by atoms with Gasteiger partial charge >= 0.3 is 11.9 Å². The molecule has 1 aromatic heterocycles. The van der Waals surface area contributed by atoms with E-state index in [-0.39, 0.29) is 11.4 Å². The Labute approximate surface area is 199 Å². The molecule has 2 aromatic carbocycles. The first-order valence-corrected chi connectivity index (χ1v) is 10.6. The molecule has 0 aliphatic carbocycles. The predicted molar refractivity (Wildman–Crippen MR) is 129 cm³/mol. The molecule has 0 saturated carbocycles. The number of aliphatic hydroxyl groups is 1. The Morgan fingerprint density at radius 1 is 0.912 bits per heavy atom. The number of benzene rings is 2. The number of carbonyl (C=O) groups is 2. The molecule has 0 aliphatic rings. The number of likely N-dealkylation sites (N-methyl/N-ethyl adjacent to an activating group) is 1. The molecule has 1 heterocycles. The van der Waals surface area contributed by atoms with Gasteiger partial charge in [0.15, 0.2) is 0 Å². The van der Waals surface area contributed by atoms with Crippen LogP contribution < -0.4 is 0 Å². The van der Waals surface area contributed by atoms with E-state index >= 15 is 0 Å². The molecule has 5 N–H and O–H groups in total. The van der Waals surface area contributed by atoms with E-state index in [1.54, 1.807) is 6.20 Å². The number of aliphatic carboxylic acids is 2. The van der Waals surface area contributed by atoms with Gasteiger partial charge in [0.05, 0.1) is 5.69 Å². The van der Waals surface area contributed by atoms with Gasteiger partial charge in [0.25, 0.3) is 0 Å². The van der Waals surface area contributed by atoms with Gasteiger partial charge in [0.1, 0.15) is 5.60 Å². The molecule has 0 fully saturated rings. The molecule has 8 heteroatoms. The smallest absolute Gasteiger partial charge is 0.414 e. The zero-order valence-corrected chi connectivity index (χ0v) is 19.3. The lowest BCUT2D eigenvalue weighted by Crippen LogP contribution is -2.42. The van der Waals surface area contributed by atoms with Crippen LogP contribution in [0.3, 0.4) is 0 Å². The normalized spacial score (nSPS) is 12.9. The van der Waals surface area contributed by atoms with Crippen LogP contribution in [0.4, 0.5) is 0 Å². The first kappa shape index (κ1) is 28.4. The summed E-state index contributed by atoms with van der Waals surface area (Å²) in [6.45, 7) is 3.82. The third-order valence-electron chi connectivity index (χ3n) is 5.38. The van der Waals surface area contributed by atoms with Crippen molar-refractivity contribution in [2.75, 3.05) is 20.1 Å². The number of aromatic nitrogens is 1. The Balaban J connectivity index is 0.000000735. The Kier molecular flexibility index (Phi) is 11.6. The third kappa shape index (κ3) is 8.08. The molecular formula is C26H32N2O6. The van der Waals surface area contributed by atoms with E-state index < -0.39 is 17.5 Å². The number of pyridine rings is 1. The van der Waals surface area contributed by atoms with Gasteiger partial charge in [-0.05, 0) is 36.7 Å². The molecule has 2 unspecified atom stereocenters. The lowest BCUT2D eigenvalue weighted by atomic mass is 9.79. The second kappa shape index (κ2) is 13.8. The average Bonchev–Trinajstić information content (AvgIpc) is 2.84. The summed E-state index contributed by atoms with van der Waals surface area (Å²) in [5.41, 5.74) is 1.79. The van der Waals surface area contributed by atoms with E-state index in [0.29, 0.717) is 5.69 Å². The van der Waals surface area contributed by atoms with Gasteiger partial charge in [-0.3, -0.25) is 4.98 Å². The van der Waals surface area contributed by atoms with Crippen LogP contribution >= 0.6 is 0 Å². The first-order chi connectivity index (χ1) is 15.7. The molecule has 3 rings (SSSR count). The Morgan fingerprint density at radius 2 is 1.44 bits per heavy atom. The highest BCUT2D eigenvalue weighted by Crippen LogP contribution is 2.36. The minimum absolute atomic E-state index is 0. The van der Waals surface area contributed by atoms with E-state index in [2.05, 4.69) is 48.1 Å². The van der Waals surface area contributed by atoms with Crippen molar-refractivity contribution in [1.82, 2.24) is 9.88 Å². The largest absolute Gasteiger partial charge is 0.473 e. The fourth-order valence-corrected chi connectivity index (χ4v) is 3.62. The van der Waals surface area contributed by atoms with Crippen LogP contribution in [0.25, 0.3) is 0 Å². The molecular weight excluding hydrogens is 436 g/mol. The lowest BCUT2D eigenvalue weighted by molar-refractivity contribution is -0.159. The summed E-state index contributed by atoms with van der Waals surface area (Å²) in [7, 11) is 2.11. The summed E-state index contributed by atoms with van der Waals surface area (Å²) in [4.78, 5) is 25.0. The summed E-state index contributed by atoms with van der Waals surface area (Å²) >= 11 is 0. The summed E-state index contributed by atoms with van der Waals surface area (Å²) in [6, 6.07) is 26.1. The molecule has 0 amide bonds. The molecule has 0 spiro atoms. The van der Waals surface area contributed by atoms with Crippen molar-refractivity contribution in [1.29, 1.82) is 0 Å². The Morgan fingerprint density at radius 3 is 1.94 bits per heavy atom. The number of hydrogen-bond acceptors (Lipinski definition) is 5. The van der Waals surface area contributed by atoms with Crippen LogP contribution in [0.5, 0.6) is 0 Å². The molecule has 182 valence electrons. The number of carboxylic acids is 2. The number of rotatable bonds is 8. The summed E-state index contributed by atoms with van der Waals surface area (Å²) in [5.74, 6) is -3.67. The molecule has 0 aliphatic heterocycles. The molecule has 34 heavy (non-hydrogen) atoms. The Bertz CT molecular complexity index is 948. The van der Waals surface area contributed by atoms with Crippen LogP contribution in [-0.2, 0) is 21.6 Å². The van der Waals surface area contributed by atoms with Crippen molar-refractivity contribution in [2.24, 2.45) is 5.92 Å². The van der Waals surface area contributed by atoms with E-state index in [1.807, 2.05) is 54.6 Å². The van der Waals surface area contributed by atoms with Gasteiger partial charge in [-0.1, -0.05) is 73.7 Å². The topological polar surface area (TPSA) is 142 Å². The molecule has 3 aromatic rings. The van der Waals surface area contributed by atoms with Gasteiger partial charge in [-0.15, -0.1) is 0 Å². The van der Waals surface area contributed by atoms with Crippen molar-refractivity contribution < 1.29 is 30.4 Å². The number of hydrogen-bond donors (Lipinski definition) is 3. The lowest BCUT2D eigenvalue weighted by Gasteiger charge is -2.36. The summed E-state index contributed by atoms with van der Waals surface area (Å²) in [5, 5.41) is 26.5. The van der Waals surface area contributed by atoms with Crippen molar-refractivity contribution in [3.05, 3.63) is 102 Å². The molecule has 8 nitrogen and oxygen atoms in total. The van der Waals surface area contributed by atoms with Crippen LogP contribution in [0.15, 0.2) is 85.1 Å². The van der Waals surface area contributed by atoms with E-state index in [0.717, 1.165) is 25.1 Å². The average molecular weight is 469 g/mol. The van der Waals surface area contributed by atoms with E-state index in [4.69, 9.17) is 19.8 Å².